The minimum atomic E-state index is -4.64. The smallest absolute Gasteiger partial charge is 0.466 e. The third-order valence-corrected chi connectivity index (χ3v) is 6.21. The standard InChI is InChI=1S/C28H42O2.2H3O4P/c1-4-5-6-7-8-9-10-11-12-13-14-17-23-20-21-26(30)28(27(23)22(2)3)24-18-15-16-19-25(24)29;2*1-5(2,3)4/h15-16,18-21,23,29-30H,4-14,17H2,1-3H3;2*(H3,1,2,3,4). The molecule has 1 aliphatic carbocycles. The zero-order valence-electron chi connectivity index (χ0n) is 23.8. The number of para-hydroxylation sites is 1. The van der Waals surface area contributed by atoms with Crippen molar-refractivity contribution in [2.75, 3.05) is 0 Å². The molecule has 0 heterocycles. The largest absolute Gasteiger partial charge is 0.507 e. The lowest BCUT2D eigenvalue weighted by molar-refractivity contribution is 0.272. The number of benzene rings is 1. The molecule has 230 valence electrons. The first-order valence-electron chi connectivity index (χ1n) is 13.7. The summed E-state index contributed by atoms with van der Waals surface area (Å²) in [7, 11) is -9.28. The average Bonchev–Trinajstić information content (AvgIpc) is 2.81. The molecule has 1 unspecified atom stereocenters. The van der Waals surface area contributed by atoms with Crippen LogP contribution in [0.5, 0.6) is 5.75 Å². The van der Waals surface area contributed by atoms with E-state index in [0.717, 1.165) is 17.6 Å². The van der Waals surface area contributed by atoms with Crippen molar-refractivity contribution in [3.63, 3.8) is 0 Å². The third-order valence-electron chi connectivity index (χ3n) is 6.21. The number of aliphatic hydroxyl groups excluding tert-OH is 1. The van der Waals surface area contributed by atoms with Gasteiger partial charge in [0, 0.05) is 17.1 Å². The van der Waals surface area contributed by atoms with Crippen molar-refractivity contribution in [3.05, 3.63) is 58.9 Å². The second-order valence-corrected chi connectivity index (χ2v) is 12.1. The van der Waals surface area contributed by atoms with Crippen molar-refractivity contribution in [1.82, 2.24) is 0 Å². The van der Waals surface area contributed by atoms with Crippen molar-refractivity contribution in [3.8, 4) is 5.75 Å². The monoisotopic (exact) mass is 606 g/mol. The van der Waals surface area contributed by atoms with Gasteiger partial charge in [-0.05, 0) is 38.0 Å². The number of phenolic OH excluding ortho intramolecular Hbond substituents is 1. The molecule has 0 aliphatic heterocycles. The van der Waals surface area contributed by atoms with E-state index in [2.05, 4.69) is 26.8 Å². The second kappa shape index (κ2) is 20.2. The van der Waals surface area contributed by atoms with Crippen LogP contribution < -0.4 is 0 Å². The van der Waals surface area contributed by atoms with Gasteiger partial charge in [0.05, 0.1) is 0 Å². The van der Waals surface area contributed by atoms with Crippen LogP contribution in [-0.2, 0) is 9.13 Å². The summed E-state index contributed by atoms with van der Waals surface area (Å²) in [5, 5.41) is 20.9. The molecule has 0 amide bonds. The molecule has 40 heavy (non-hydrogen) atoms. The molecule has 0 spiro atoms. The van der Waals surface area contributed by atoms with Crippen molar-refractivity contribution in [2.24, 2.45) is 5.92 Å². The molecule has 1 atom stereocenters. The highest BCUT2D eigenvalue weighted by molar-refractivity contribution is 7.45. The molecule has 8 N–H and O–H groups in total. The molecule has 0 saturated carbocycles. The quantitative estimate of drug-likeness (QED) is 0.0852. The molecule has 0 fully saturated rings. The summed E-state index contributed by atoms with van der Waals surface area (Å²) in [6.45, 7) is 6.49. The number of phosphoric acid groups is 2. The fourth-order valence-electron chi connectivity index (χ4n) is 4.57. The highest BCUT2D eigenvalue weighted by Gasteiger charge is 2.25. The van der Waals surface area contributed by atoms with Crippen LogP contribution >= 0.6 is 15.6 Å². The fourth-order valence-corrected chi connectivity index (χ4v) is 4.57. The van der Waals surface area contributed by atoms with E-state index in [-0.39, 0.29) is 11.5 Å². The molecule has 0 saturated heterocycles. The number of phenols is 1. The molecule has 12 heteroatoms. The molecule has 1 aromatic carbocycles. The SMILES string of the molecule is CCCCCCCCCCCCCC1C=CC(O)=C(c2ccccc2O)C1=C(C)C.O=P(O)(O)O.O=P(O)(O)O. The van der Waals surface area contributed by atoms with Gasteiger partial charge in [0.1, 0.15) is 11.5 Å². The lowest BCUT2D eigenvalue weighted by Gasteiger charge is -2.26. The fraction of sp³-hybridized carbons (Fsp3) is 0.571. The lowest BCUT2D eigenvalue weighted by Crippen LogP contribution is -2.11. The maximum atomic E-state index is 10.6. The van der Waals surface area contributed by atoms with E-state index in [4.69, 9.17) is 38.5 Å². The first-order chi connectivity index (χ1) is 18.6. The van der Waals surface area contributed by atoms with Gasteiger partial charge in [-0.1, -0.05) is 107 Å². The molecule has 0 aromatic heterocycles. The summed E-state index contributed by atoms with van der Waals surface area (Å²) in [6, 6.07) is 7.31. The Balaban J connectivity index is 0.00000130. The predicted molar refractivity (Wildman–Crippen MR) is 158 cm³/mol. The number of rotatable bonds is 13. The summed E-state index contributed by atoms with van der Waals surface area (Å²) in [5.74, 6) is 0.781. The third kappa shape index (κ3) is 20.2. The van der Waals surface area contributed by atoms with Crippen LogP contribution in [0.3, 0.4) is 0 Å². The predicted octanol–water partition coefficient (Wildman–Crippen LogP) is 7.03. The normalized spacial score (nSPS) is 15.2. The van der Waals surface area contributed by atoms with E-state index in [1.165, 1.54) is 81.8 Å². The highest BCUT2D eigenvalue weighted by Crippen LogP contribution is 2.42. The van der Waals surface area contributed by atoms with E-state index in [1.807, 2.05) is 24.3 Å². The number of hydrogen-bond donors (Lipinski definition) is 8. The summed E-state index contributed by atoms with van der Waals surface area (Å²) < 4.78 is 17.8. The molecular weight excluding hydrogens is 558 g/mol. The molecule has 10 nitrogen and oxygen atoms in total. The Morgan fingerprint density at radius 2 is 1.15 bits per heavy atom. The van der Waals surface area contributed by atoms with Crippen LogP contribution in [0.25, 0.3) is 5.57 Å². The summed E-state index contributed by atoms with van der Waals surface area (Å²) in [5.41, 5.74) is 3.89. The van der Waals surface area contributed by atoms with Gasteiger partial charge in [-0.2, -0.15) is 0 Å². The minimum Gasteiger partial charge on any atom is -0.507 e. The van der Waals surface area contributed by atoms with Gasteiger partial charge in [-0.15, -0.1) is 0 Å². The number of aliphatic hydroxyl groups is 1. The molecule has 0 bridgehead atoms. The Kier molecular flexibility index (Phi) is 19.3. The van der Waals surface area contributed by atoms with E-state index < -0.39 is 15.6 Å². The molecule has 0 radical (unpaired) electrons. The van der Waals surface area contributed by atoms with Crippen LogP contribution in [0.4, 0.5) is 0 Å². The summed E-state index contributed by atoms with van der Waals surface area (Å²) in [4.78, 5) is 43.1. The molecule has 2 rings (SSSR count). The van der Waals surface area contributed by atoms with Crippen molar-refractivity contribution >= 4 is 21.2 Å². The molecule has 1 aliphatic rings. The maximum Gasteiger partial charge on any atom is 0.466 e. The van der Waals surface area contributed by atoms with E-state index in [0.29, 0.717) is 5.92 Å². The van der Waals surface area contributed by atoms with E-state index >= 15 is 0 Å². The van der Waals surface area contributed by atoms with Gasteiger partial charge in [0.15, 0.2) is 0 Å². The second-order valence-electron chi connectivity index (χ2n) is 10.0. The van der Waals surface area contributed by atoms with Gasteiger partial charge < -0.3 is 39.6 Å². The van der Waals surface area contributed by atoms with E-state index in [1.54, 1.807) is 6.07 Å². The van der Waals surface area contributed by atoms with Crippen molar-refractivity contribution in [2.45, 2.75) is 97.8 Å². The van der Waals surface area contributed by atoms with Gasteiger partial charge in [-0.25, -0.2) is 9.13 Å². The van der Waals surface area contributed by atoms with Crippen LogP contribution in [0, 0.1) is 5.92 Å². The van der Waals surface area contributed by atoms with Crippen LogP contribution in [0.1, 0.15) is 103 Å². The molecular formula is C28H48O10P2. The Morgan fingerprint density at radius 1 is 0.725 bits per heavy atom. The first-order valence-corrected chi connectivity index (χ1v) is 16.8. The van der Waals surface area contributed by atoms with Gasteiger partial charge >= 0.3 is 15.6 Å². The summed E-state index contributed by atoms with van der Waals surface area (Å²) >= 11 is 0. The number of allylic oxidation sites excluding steroid dienone is 5. The zero-order chi connectivity index (χ0) is 30.8. The topological polar surface area (TPSA) is 196 Å². The van der Waals surface area contributed by atoms with Crippen molar-refractivity contribution < 1.29 is 48.7 Å². The average molecular weight is 607 g/mol. The Labute approximate surface area is 238 Å². The van der Waals surface area contributed by atoms with Crippen LogP contribution in [-0.4, -0.2) is 39.6 Å². The summed E-state index contributed by atoms with van der Waals surface area (Å²) in [6.07, 6.45) is 19.9. The number of unbranched alkanes of at least 4 members (excludes halogenated alkanes) is 10. The number of hydrogen-bond acceptors (Lipinski definition) is 4. The van der Waals surface area contributed by atoms with Gasteiger partial charge in [-0.3, -0.25) is 0 Å². The Hall–Kier alpha value is -1.74. The van der Waals surface area contributed by atoms with Crippen LogP contribution in [0.2, 0.25) is 0 Å². The highest BCUT2D eigenvalue weighted by atomic mass is 31.2. The van der Waals surface area contributed by atoms with Crippen LogP contribution in [0.15, 0.2) is 53.3 Å². The van der Waals surface area contributed by atoms with Gasteiger partial charge in [0.2, 0.25) is 0 Å². The lowest BCUT2D eigenvalue weighted by atomic mass is 9.79. The zero-order valence-corrected chi connectivity index (χ0v) is 25.6. The van der Waals surface area contributed by atoms with Crippen molar-refractivity contribution in [1.29, 1.82) is 0 Å². The Bertz CT molecular complexity index is 1010. The molecule has 1 aromatic rings. The Morgan fingerprint density at radius 3 is 1.57 bits per heavy atom. The number of aromatic hydroxyl groups is 1. The minimum absolute atomic E-state index is 0.224. The maximum absolute atomic E-state index is 10.6. The first kappa shape index (κ1) is 38.3. The van der Waals surface area contributed by atoms with E-state index in [9.17, 15) is 10.2 Å². The van der Waals surface area contributed by atoms with Gasteiger partial charge in [0.25, 0.3) is 0 Å².